The molecule has 0 atom stereocenters. The lowest BCUT2D eigenvalue weighted by atomic mass is 9.85. The van der Waals surface area contributed by atoms with Crippen LogP contribution in [0.15, 0.2) is 12.3 Å². The highest BCUT2D eigenvalue weighted by Gasteiger charge is 2.29. The predicted octanol–water partition coefficient (Wildman–Crippen LogP) is 1.75. The van der Waals surface area contributed by atoms with Gasteiger partial charge in [-0.05, 0) is 25.8 Å². The van der Waals surface area contributed by atoms with Crippen molar-refractivity contribution in [3.63, 3.8) is 0 Å². The SMILES string of the molecule is Cc1[nH]ccc1C(=O)NCC1(O)CCCCC1. The quantitative estimate of drug-likeness (QED) is 0.748. The van der Waals surface area contributed by atoms with Crippen LogP contribution < -0.4 is 5.32 Å². The lowest BCUT2D eigenvalue weighted by molar-refractivity contribution is 0.00525. The van der Waals surface area contributed by atoms with Crippen LogP contribution in [0.25, 0.3) is 0 Å². The van der Waals surface area contributed by atoms with Crippen LogP contribution in [0.5, 0.6) is 0 Å². The number of aromatic amines is 1. The van der Waals surface area contributed by atoms with Crippen molar-refractivity contribution in [1.29, 1.82) is 0 Å². The largest absolute Gasteiger partial charge is 0.388 e. The number of hydrogen-bond acceptors (Lipinski definition) is 2. The third-order valence-electron chi connectivity index (χ3n) is 3.56. The van der Waals surface area contributed by atoms with Gasteiger partial charge in [-0.1, -0.05) is 19.3 Å². The van der Waals surface area contributed by atoms with Gasteiger partial charge < -0.3 is 15.4 Å². The van der Waals surface area contributed by atoms with Gasteiger partial charge in [-0.15, -0.1) is 0 Å². The van der Waals surface area contributed by atoms with Crippen LogP contribution in [0.2, 0.25) is 0 Å². The molecule has 0 radical (unpaired) electrons. The Morgan fingerprint density at radius 1 is 1.47 bits per heavy atom. The van der Waals surface area contributed by atoms with Gasteiger partial charge in [-0.2, -0.15) is 0 Å². The summed E-state index contributed by atoms with van der Waals surface area (Å²) in [6, 6.07) is 1.76. The molecule has 1 saturated carbocycles. The van der Waals surface area contributed by atoms with Gasteiger partial charge in [-0.25, -0.2) is 0 Å². The molecule has 0 saturated heterocycles. The van der Waals surface area contributed by atoms with E-state index in [9.17, 15) is 9.90 Å². The molecule has 1 fully saturated rings. The molecule has 2 rings (SSSR count). The summed E-state index contributed by atoms with van der Waals surface area (Å²) in [5.74, 6) is -0.109. The van der Waals surface area contributed by atoms with Gasteiger partial charge in [-0.3, -0.25) is 4.79 Å². The summed E-state index contributed by atoms with van der Waals surface area (Å²) in [7, 11) is 0. The van der Waals surface area contributed by atoms with Crippen molar-refractivity contribution in [2.45, 2.75) is 44.6 Å². The molecule has 3 N–H and O–H groups in total. The Hall–Kier alpha value is -1.29. The lowest BCUT2D eigenvalue weighted by Crippen LogP contribution is -2.44. The van der Waals surface area contributed by atoms with Crippen LogP contribution in [0, 0.1) is 6.92 Å². The van der Waals surface area contributed by atoms with E-state index in [0.717, 1.165) is 31.4 Å². The van der Waals surface area contributed by atoms with Gasteiger partial charge in [0.05, 0.1) is 11.2 Å². The Balaban J connectivity index is 1.90. The number of carbonyl (C=O) groups is 1. The van der Waals surface area contributed by atoms with Crippen LogP contribution in [0.1, 0.15) is 48.2 Å². The number of amides is 1. The smallest absolute Gasteiger partial charge is 0.253 e. The van der Waals surface area contributed by atoms with Crippen LogP contribution in [0.4, 0.5) is 0 Å². The average molecular weight is 236 g/mol. The molecule has 0 aliphatic heterocycles. The van der Waals surface area contributed by atoms with Crippen LogP contribution in [-0.2, 0) is 0 Å². The van der Waals surface area contributed by atoms with Crippen LogP contribution in [-0.4, -0.2) is 28.1 Å². The summed E-state index contributed by atoms with van der Waals surface area (Å²) in [5.41, 5.74) is 0.820. The predicted molar refractivity (Wildman–Crippen MR) is 65.9 cm³/mol. The van der Waals surface area contributed by atoms with E-state index < -0.39 is 5.60 Å². The zero-order chi connectivity index (χ0) is 12.3. The maximum Gasteiger partial charge on any atom is 0.253 e. The number of hydrogen-bond donors (Lipinski definition) is 3. The Bertz CT molecular complexity index is 392. The van der Waals surface area contributed by atoms with Gasteiger partial charge in [0.15, 0.2) is 0 Å². The molecule has 0 unspecified atom stereocenters. The number of H-pyrrole nitrogens is 1. The standard InChI is InChI=1S/C13H20N2O2/c1-10-11(5-8-14-10)12(16)15-9-13(17)6-3-2-4-7-13/h5,8,14,17H,2-4,6-7,9H2,1H3,(H,15,16). The summed E-state index contributed by atoms with van der Waals surface area (Å²) in [4.78, 5) is 14.8. The highest BCUT2D eigenvalue weighted by Crippen LogP contribution is 2.27. The Kier molecular flexibility index (Phi) is 3.52. The number of carbonyl (C=O) groups excluding carboxylic acids is 1. The molecule has 1 aliphatic rings. The van der Waals surface area contributed by atoms with Gasteiger partial charge in [0.25, 0.3) is 5.91 Å². The first-order valence-electron chi connectivity index (χ1n) is 6.25. The minimum Gasteiger partial charge on any atom is -0.388 e. The van der Waals surface area contributed by atoms with E-state index in [1.807, 2.05) is 6.92 Å². The molecule has 0 spiro atoms. The summed E-state index contributed by atoms with van der Waals surface area (Å²) in [6.45, 7) is 2.22. The lowest BCUT2D eigenvalue weighted by Gasteiger charge is -2.32. The molecule has 17 heavy (non-hydrogen) atoms. The Labute approximate surface area is 101 Å². The second kappa shape index (κ2) is 4.92. The van der Waals surface area contributed by atoms with Crippen LogP contribution in [0.3, 0.4) is 0 Å². The number of aromatic nitrogens is 1. The molecular formula is C13H20N2O2. The highest BCUT2D eigenvalue weighted by molar-refractivity contribution is 5.95. The van der Waals surface area contributed by atoms with Gasteiger partial charge in [0.1, 0.15) is 0 Å². The van der Waals surface area contributed by atoms with Crippen molar-refractivity contribution in [1.82, 2.24) is 10.3 Å². The van der Waals surface area contributed by atoms with E-state index in [2.05, 4.69) is 10.3 Å². The van der Waals surface area contributed by atoms with E-state index in [4.69, 9.17) is 0 Å². The number of rotatable bonds is 3. The topological polar surface area (TPSA) is 65.1 Å². The number of aryl methyl sites for hydroxylation is 1. The molecule has 4 nitrogen and oxygen atoms in total. The van der Waals surface area contributed by atoms with Gasteiger partial charge >= 0.3 is 0 Å². The summed E-state index contributed by atoms with van der Waals surface area (Å²) < 4.78 is 0. The van der Waals surface area contributed by atoms with Crippen LogP contribution >= 0.6 is 0 Å². The monoisotopic (exact) mass is 236 g/mol. The fourth-order valence-electron chi connectivity index (χ4n) is 2.43. The minimum absolute atomic E-state index is 0.109. The molecule has 0 bridgehead atoms. The van der Waals surface area contributed by atoms with E-state index in [0.29, 0.717) is 12.1 Å². The Morgan fingerprint density at radius 2 is 2.18 bits per heavy atom. The fourth-order valence-corrected chi connectivity index (χ4v) is 2.43. The molecule has 1 aromatic heterocycles. The van der Waals surface area contributed by atoms with E-state index in [1.165, 1.54) is 6.42 Å². The van der Waals surface area contributed by atoms with E-state index in [1.54, 1.807) is 12.3 Å². The summed E-state index contributed by atoms with van der Waals surface area (Å²) in [6.07, 6.45) is 6.62. The highest BCUT2D eigenvalue weighted by atomic mass is 16.3. The normalized spacial score (nSPS) is 18.9. The third kappa shape index (κ3) is 2.88. The van der Waals surface area contributed by atoms with Crippen molar-refractivity contribution < 1.29 is 9.90 Å². The van der Waals surface area contributed by atoms with E-state index >= 15 is 0 Å². The van der Waals surface area contributed by atoms with Gasteiger partial charge in [0.2, 0.25) is 0 Å². The summed E-state index contributed by atoms with van der Waals surface area (Å²) in [5, 5.41) is 13.1. The van der Waals surface area contributed by atoms with E-state index in [-0.39, 0.29) is 5.91 Å². The first kappa shape index (κ1) is 12.2. The van der Waals surface area contributed by atoms with Gasteiger partial charge in [0, 0.05) is 18.4 Å². The Morgan fingerprint density at radius 3 is 2.76 bits per heavy atom. The fraction of sp³-hybridized carbons (Fsp3) is 0.615. The molecule has 4 heteroatoms. The van der Waals surface area contributed by atoms with Crippen molar-refractivity contribution >= 4 is 5.91 Å². The third-order valence-corrected chi connectivity index (χ3v) is 3.56. The molecule has 1 aliphatic carbocycles. The first-order chi connectivity index (χ1) is 8.11. The second-order valence-corrected chi connectivity index (χ2v) is 4.98. The summed E-state index contributed by atoms with van der Waals surface area (Å²) >= 11 is 0. The van der Waals surface area contributed by atoms with Crippen molar-refractivity contribution in [3.05, 3.63) is 23.5 Å². The zero-order valence-electron chi connectivity index (χ0n) is 10.3. The maximum absolute atomic E-state index is 11.9. The van der Waals surface area contributed by atoms with Crippen molar-refractivity contribution in [2.24, 2.45) is 0 Å². The minimum atomic E-state index is -0.696. The average Bonchev–Trinajstić information content (AvgIpc) is 2.74. The second-order valence-electron chi connectivity index (χ2n) is 4.98. The maximum atomic E-state index is 11.9. The van der Waals surface area contributed by atoms with Crippen molar-refractivity contribution in [3.8, 4) is 0 Å². The number of nitrogens with one attached hydrogen (secondary N) is 2. The molecule has 1 heterocycles. The number of aliphatic hydroxyl groups is 1. The molecular weight excluding hydrogens is 216 g/mol. The molecule has 0 aromatic carbocycles. The molecule has 1 aromatic rings. The molecule has 1 amide bonds. The van der Waals surface area contributed by atoms with Crippen molar-refractivity contribution in [2.75, 3.05) is 6.54 Å². The zero-order valence-corrected chi connectivity index (χ0v) is 10.3. The first-order valence-corrected chi connectivity index (χ1v) is 6.25. The molecule has 94 valence electrons.